The van der Waals surface area contributed by atoms with Crippen LogP contribution >= 0.6 is 11.6 Å². The van der Waals surface area contributed by atoms with E-state index < -0.39 is 23.6 Å². The molecule has 150 valence electrons. The summed E-state index contributed by atoms with van der Waals surface area (Å²) >= 11 is 5.91. The van der Waals surface area contributed by atoms with E-state index in [1.807, 2.05) is 6.07 Å². The van der Waals surface area contributed by atoms with Crippen molar-refractivity contribution in [1.82, 2.24) is 20.3 Å². The van der Waals surface area contributed by atoms with Crippen molar-refractivity contribution in [2.45, 2.75) is 25.4 Å². The van der Waals surface area contributed by atoms with Crippen LogP contribution in [0.5, 0.6) is 5.75 Å². The second-order valence-electron chi connectivity index (χ2n) is 6.35. The van der Waals surface area contributed by atoms with Gasteiger partial charge in [0.25, 0.3) is 5.91 Å². The predicted molar refractivity (Wildman–Crippen MR) is 97.1 cm³/mol. The lowest BCUT2D eigenvalue weighted by molar-refractivity contribution is -0.274. The van der Waals surface area contributed by atoms with E-state index in [4.69, 9.17) is 11.6 Å². The molecular formula is C18H13ClF3N5O2. The van der Waals surface area contributed by atoms with Crippen LogP contribution in [-0.4, -0.2) is 32.8 Å². The summed E-state index contributed by atoms with van der Waals surface area (Å²) in [7, 11) is 0. The number of aromatic nitrogens is 3. The molecule has 0 saturated carbocycles. The number of hydrogen-bond donors (Lipinski definition) is 1. The van der Waals surface area contributed by atoms with E-state index in [-0.39, 0.29) is 12.1 Å². The van der Waals surface area contributed by atoms with Crippen LogP contribution in [0.1, 0.15) is 17.3 Å². The SMILES string of the molecule is CC(C#N)(Cn1nnc2cc(Cl)ccc21)NC(=O)c1ccc(OC(F)(F)F)cc1. The lowest BCUT2D eigenvalue weighted by Gasteiger charge is -2.23. The molecule has 0 saturated heterocycles. The molecule has 2 aromatic carbocycles. The first kappa shape index (κ1) is 20.4. The molecule has 0 radical (unpaired) electrons. The molecule has 0 bridgehead atoms. The van der Waals surface area contributed by atoms with Gasteiger partial charge in [-0.25, -0.2) is 4.68 Å². The zero-order chi connectivity index (χ0) is 21.2. The fraction of sp³-hybridized carbons (Fsp3) is 0.222. The summed E-state index contributed by atoms with van der Waals surface area (Å²) in [5.41, 5.74) is -0.141. The molecule has 0 fully saturated rings. The summed E-state index contributed by atoms with van der Waals surface area (Å²) in [5.74, 6) is -1.09. The molecular weight excluding hydrogens is 411 g/mol. The van der Waals surface area contributed by atoms with Gasteiger partial charge in [-0.1, -0.05) is 16.8 Å². The van der Waals surface area contributed by atoms with E-state index >= 15 is 0 Å². The molecule has 1 atom stereocenters. The van der Waals surface area contributed by atoms with Crippen molar-refractivity contribution >= 4 is 28.5 Å². The number of rotatable bonds is 5. The van der Waals surface area contributed by atoms with Gasteiger partial charge in [-0.15, -0.1) is 18.3 Å². The Morgan fingerprint density at radius 3 is 2.59 bits per heavy atom. The van der Waals surface area contributed by atoms with E-state index in [1.54, 1.807) is 18.2 Å². The molecule has 0 aliphatic rings. The molecule has 1 unspecified atom stereocenters. The van der Waals surface area contributed by atoms with Gasteiger partial charge in [0.15, 0.2) is 0 Å². The number of carbonyl (C=O) groups excluding carboxylic acids is 1. The average molecular weight is 424 g/mol. The number of benzene rings is 2. The van der Waals surface area contributed by atoms with Crippen molar-refractivity contribution in [3.05, 3.63) is 53.1 Å². The number of nitrogens with zero attached hydrogens (tertiary/aromatic N) is 4. The lowest BCUT2D eigenvalue weighted by Crippen LogP contribution is -2.48. The van der Waals surface area contributed by atoms with Crippen molar-refractivity contribution in [1.29, 1.82) is 5.26 Å². The average Bonchev–Trinajstić information content (AvgIpc) is 3.02. The van der Waals surface area contributed by atoms with Gasteiger partial charge < -0.3 is 10.1 Å². The van der Waals surface area contributed by atoms with Gasteiger partial charge in [-0.2, -0.15) is 5.26 Å². The molecule has 0 aliphatic carbocycles. The number of ether oxygens (including phenoxy) is 1. The zero-order valence-corrected chi connectivity index (χ0v) is 15.6. The Hall–Kier alpha value is -3.32. The quantitative estimate of drug-likeness (QED) is 0.675. The predicted octanol–water partition coefficient (Wildman–Crippen LogP) is 3.70. The molecule has 29 heavy (non-hydrogen) atoms. The third kappa shape index (κ3) is 4.94. The molecule has 3 aromatic rings. The highest BCUT2D eigenvalue weighted by atomic mass is 35.5. The highest BCUT2D eigenvalue weighted by Crippen LogP contribution is 2.23. The van der Waals surface area contributed by atoms with Crippen molar-refractivity contribution in [2.75, 3.05) is 0 Å². The third-order valence-corrected chi connectivity index (χ3v) is 4.16. The molecule has 11 heteroatoms. The van der Waals surface area contributed by atoms with Gasteiger partial charge in [0, 0.05) is 10.6 Å². The van der Waals surface area contributed by atoms with Crippen molar-refractivity contribution in [3.8, 4) is 11.8 Å². The summed E-state index contributed by atoms with van der Waals surface area (Å²) in [6, 6.07) is 11.3. The number of hydrogen-bond acceptors (Lipinski definition) is 5. The molecule has 1 N–H and O–H groups in total. The summed E-state index contributed by atoms with van der Waals surface area (Å²) in [4.78, 5) is 12.5. The summed E-state index contributed by atoms with van der Waals surface area (Å²) in [6.45, 7) is 1.48. The Kier molecular flexibility index (Phi) is 5.35. The van der Waals surface area contributed by atoms with Crippen LogP contribution < -0.4 is 10.1 Å². The Labute approximate surface area is 167 Å². The number of alkyl halides is 3. The van der Waals surface area contributed by atoms with Crippen molar-refractivity contribution < 1.29 is 22.7 Å². The Balaban J connectivity index is 1.75. The van der Waals surface area contributed by atoms with Crippen LogP contribution in [0.15, 0.2) is 42.5 Å². The second kappa shape index (κ2) is 7.60. The van der Waals surface area contributed by atoms with Crippen LogP contribution in [0.25, 0.3) is 11.0 Å². The van der Waals surface area contributed by atoms with E-state index in [1.165, 1.54) is 23.7 Å². The lowest BCUT2D eigenvalue weighted by atomic mass is 10.0. The fourth-order valence-electron chi connectivity index (χ4n) is 2.60. The normalized spacial score (nSPS) is 13.5. The first-order valence-corrected chi connectivity index (χ1v) is 8.55. The Morgan fingerprint density at radius 1 is 1.28 bits per heavy atom. The highest BCUT2D eigenvalue weighted by molar-refractivity contribution is 6.31. The zero-order valence-electron chi connectivity index (χ0n) is 14.9. The minimum absolute atomic E-state index is 0.0113. The summed E-state index contributed by atoms with van der Waals surface area (Å²) in [6.07, 6.45) is -4.83. The van der Waals surface area contributed by atoms with Gasteiger partial charge >= 0.3 is 6.36 Å². The largest absolute Gasteiger partial charge is 0.573 e. The van der Waals surface area contributed by atoms with Gasteiger partial charge in [-0.3, -0.25) is 4.79 Å². The molecule has 0 spiro atoms. The fourth-order valence-corrected chi connectivity index (χ4v) is 2.76. The second-order valence-corrected chi connectivity index (χ2v) is 6.79. The van der Waals surface area contributed by atoms with Crippen LogP contribution in [0.3, 0.4) is 0 Å². The minimum atomic E-state index is -4.83. The maximum Gasteiger partial charge on any atom is 0.573 e. The molecule has 7 nitrogen and oxygen atoms in total. The third-order valence-electron chi connectivity index (χ3n) is 3.93. The number of nitrogens with one attached hydrogen (secondary N) is 1. The van der Waals surface area contributed by atoms with Crippen molar-refractivity contribution in [3.63, 3.8) is 0 Å². The van der Waals surface area contributed by atoms with Gasteiger partial charge in [0.2, 0.25) is 0 Å². The highest BCUT2D eigenvalue weighted by Gasteiger charge is 2.31. The van der Waals surface area contributed by atoms with Crippen LogP contribution in [0.2, 0.25) is 5.02 Å². The van der Waals surface area contributed by atoms with Gasteiger partial charge in [0.1, 0.15) is 16.8 Å². The van der Waals surface area contributed by atoms with E-state index in [0.717, 1.165) is 12.1 Å². The number of nitriles is 1. The van der Waals surface area contributed by atoms with E-state index in [0.29, 0.717) is 16.1 Å². The van der Waals surface area contributed by atoms with Crippen LogP contribution in [-0.2, 0) is 6.54 Å². The number of carbonyl (C=O) groups is 1. The molecule has 1 amide bonds. The summed E-state index contributed by atoms with van der Waals surface area (Å²) < 4.78 is 41.9. The monoisotopic (exact) mass is 423 g/mol. The van der Waals surface area contributed by atoms with Crippen molar-refractivity contribution in [2.24, 2.45) is 0 Å². The van der Waals surface area contributed by atoms with Crippen LogP contribution in [0, 0.1) is 11.3 Å². The Morgan fingerprint density at radius 2 is 1.97 bits per heavy atom. The van der Waals surface area contributed by atoms with Gasteiger partial charge in [-0.05, 0) is 49.4 Å². The Bertz CT molecular complexity index is 1090. The maximum atomic E-state index is 12.5. The molecule has 1 heterocycles. The first-order valence-electron chi connectivity index (χ1n) is 8.17. The number of amides is 1. The van der Waals surface area contributed by atoms with E-state index in [9.17, 15) is 23.2 Å². The first-order chi connectivity index (χ1) is 13.6. The molecule has 0 aliphatic heterocycles. The summed E-state index contributed by atoms with van der Waals surface area (Å²) in [5, 5.41) is 20.6. The topological polar surface area (TPSA) is 92.8 Å². The van der Waals surface area contributed by atoms with Crippen LogP contribution in [0.4, 0.5) is 13.2 Å². The van der Waals surface area contributed by atoms with E-state index in [2.05, 4.69) is 20.4 Å². The van der Waals surface area contributed by atoms with Gasteiger partial charge in [0.05, 0.1) is 18.1 Å². The molecule has 3 rings (SSSR count). The molecule has 1 aromatic heterocycles. The smallest absolute Gasteiger partial charge is 0.406 e. The standard InChI is InChI=1S/C18H13ClF3N5O2/c1-17(9-23,10-27-15-7-4-12(19)8-14(15)25-26-27)24-16(28)11-2-5-13(6-3-11)29-18(20,21)22/h2-8H,10H2,1H3,(H,24,28). The number of halogens is 4. The minimum Gasteiger partial charge on any atom is -0.406 e. The maximum absolute atomic E-state index is 12.5. The number of fused-ring (bicyclic) bond motifs is 1.